The normalized spacial score (nSPS) is 42.2. The zero-order valence-corrected chi connectivity index (χ0v) is 11.6. The van der Waals surface area contributed by atoms with E-state index in [0.29, 0.717) is 16.2 Å². The van der Waals surface area contributed by atoms with Crippen molar-refractivity contribution in [3.8, 4) is 0 Å². The SMILES string of the molecule is CNCC1C(C)(C)C12CCCC21CCOCC1. The van der Waals surface area contributed by atoms with Crippen molar-refractivity contribution in [1.29, 1.82) is 0 Å². The van der Waals surface area contributed by atoms with E-state index in [1.807, 2.05) is 0 Å². The molecular formula is C15H27NO. The highest BCUT2D eigenvalue weighted by atomic mass is 16.5. The van der Waals surface area contributed by atoms with Crippen LogP contribution in [0.5, 0.6) is 0 Å². The number of hydrogen-bond acceptors (Lipinski definition) is 2. The highest BCUT2D eigenvalue weighted by Crippen LogP contribution is 2.83. The molecule has 0 aromatic heterocycles. The zero-order valence-electron chi connectivity index (χ0n) is 11.6. The molecule has 0 aromatic rings. The fraction of sp³-hybridized carbons (Fsp3) is 1.00. The summed E-state index contributed by atoms with van der Waals surface area (Å²) < 4.78 is 5.63. The molecule has 2 aliphatic carbocycles. The molecule has 3 fully saturated rings. The van der Waals surface area contributed by atoms with Gasteiger partial charge in [0.15, 0.2) is 0 Å². The summed E-state index contributed by atoms with van der Waals surface area (Å²) in [6, 6.07) is 0. The average molecular weight is 237 g/mol. The zero-order chi connectivity index (χ0) is 12.1. The lowest BCUT2D eigenvalue weighted by Gasteiger charge is -2.42. The second kappa shape index (κ2) is 3.71. The predicted molar refractivity (Wildman–Crippen MR) is 70.0 cm³/mol. The first kappa shape index (κ1) is 12.0. The van der Waals surface area contributed by atoms with Gasteiger partial charge in [0, 0.05) is 13.2 Å². The van der Waals surface area contributed by atoms with Gasteiger partial charge in [0.1, 0.15) is 0 Å². The molecule has 3 rings (SSSR count). The molecule has 0 radical (unpaired) electrons. The van der Waals surface area contributed by atoms with Crippen LogP contribution in [0.3, 0.4) is 0 Å². The molecular weight excluding hydrogens is 210 g/mol. The molecule has 2 atom stereocenters. The summed E-state index contributed by atoms with van der Waals surface area (Å²) in [6.07, 6.45) is 7.00. The molecule has 2 nitrogen and oxygen atoms in total. The molecule has 0 bridgehead atoms. The molecule has 3 aliphatic rings. The quantitative estimate of drug-likeness (QED) is 0.797. The van der Waals surface area contributed by atoms with Crippen LogP contribution in [-0.4, -0.2) is 26.8 Å². The largest absolute Gasteiger partial charge is 0.381 e. The molecule has 1 N–H and O–H groups in total. The van der Waals surface area contributed by atoms with Crippen molar-refractivity contribution in [2.24, 2.45) is 22.2 Å². The van der Waals surface area contributed by atoms with E-state index in [-0.39, 0.29) is 0 Å². The number of hydrogen-bond donors (Lipinski definition) is 1. The van der Waals surface area contributed by atoms with Crippen molar-refractivity contribution in [3.05, 3.63) is 0 Å². The second-order valence-corrected chi connectivity index (χ2v) is 7.05. The van der Waals surface area contributed by atoms with Crippen molar-refractivity contribution in [2.75, 3.05) is 26.8 Å². The Bertz CT molecular complexity index is 306. The van der Waals surface area contributed by atoms with Gasteiger partial charge in [-0.15, -0.1) is 0 Å². The van der Waals surface area contributed by atoms with Crippen molar-refractivity contribution in [1.82, 2.24) is 5.32 Å². The van der Waals surface area contributed by atoms with Gasteiger partial charge in [-0.1, -0.05) is 20.3 Å². The second-order valence-electron chi connectivity index (χ2n) is 7.05. The van der Waals surface area contributed by atoms with Gasteiger partial charge in [-0.05, 0) is 61.4 Å². The van der Waals surface area contributed by atoms with Gasteiger partial charge in [0.25, 0.3) is 0 Å². The third-order valence-electron chi connectivity index (χ3n) is 6.56. The maximum Gasteiger partial charge on any atom is 0.0471 e. The van der Waals surface area contributed by atoms with Crippen LogP contribution in [0.4, 0.5) is 0 Å². The predicted octanol–water partition coefficient (Wildman–Crippen LogP) is 2.83. The minimum atomic E-state index is 0.545. The first-order valence-corrected chi connectivity index (χ1v) is 7.33. The van der Waals surface area contributed by atoms with Crippen LogP contribution in [0.15, 0.2) is 0 Å². The molecule has 98 valence electrons. The summed E-state index contributed by atoms with van der Waals surface area (Å²) in [4.78, 5) is 0. The Morgan fingerprint density at radius 3 is 2.47 bits per heavy atom. The Labute approximate surface area is 105 Å². The Balaban J connectivity index is 1.91. The van der Waals surface area contributed by atoms with Crippen LogP contribution in [0, 0.1) is 22.2 Å². The van der Waals surface area contributed by atoms with Crippen LogP contribution in [0.25, 0.3) is 0 Å². The fourth-order valence-corrected chi connectivity index (χ4v) is 5.80. The molecule has 0 amide bonds. The van der Waals surface area contributed by atoms with Crippen LogP contribution < -0.4 is 5.32 Å². The lowest BCUT2D eigenvalue weighted by Crippen LogP contribution is -2.37. The van der Waals surface area contributed by atoms with Gasteiger partial charge >= 0.3 is 0 Å². The van der Waals surface area contributed by atoms with E-state index in [9.17, 15) is 0 Å². The van der Waals surface area contributed by atoms with E-state index in [2.05, 4.69) is 26.2 Å². The van der Waals surface area contributed by atoms with Crippen molar-refractivity contribution in [2.45, 2.75) is 46.0 Å². The van der Waals surface area contributed by atoms with E-state index in [4.69, 9.17) is 4.74 Å². The lowest BCUT2D eigenvalue weighted by molar-refractivity contribution is -0.0267. The monoisotopic (exact) mass is 237 g/mol. The number of nitrogens with one attached hydrogen (secondary N) is 1. The topological polar surface area (TPSA) is 21.3 Å². The Hall–Kier alpha value is -0.0800. The first-order chi connectivity index (χ1) is 8.11. The minimum Gasteiger partial charge on any atom is -0.381 e. The Kier molecular flexibility index (Phi) is 2.61. The molecule has 1 aliphatic heterocycles. The summed E-state index contributed by atoms with van der Waals surface area (Å²) in [6.45, 7) is 8.24. The average Bonchev–Trinajstić information content (AvgIpc) is 2.64. The molecule has 17 heavy (non-hydrogen) atoms. The molecule has 2 spiro atoms. The summed E-state index contributed by atoms with van der Waals surface area (Å²) in [5.41, 5.74) is 1.80. The van der Waals surface area contributed by atoms with Gasteiger partial charge in [-0.2, -0.15) is 0 Å². The third-order valence-corrected chi connectivity index (χ3v) is 6.56. The summed E-state index contributed by atoms with van der Waals surface area (Å²) in [5.74, 6) is 0.889. The fourth-order valence-electron chi connectivity index (χ4n) is 5.80. The van der Waals surface area contributed by atoms with Gasteiger partial charge in [-0.25, -0.2) is 0 Å². The lowest BCUT2D eigenvalue weighted by atomic mass is 9.66. The molecule has 2 saturated carbocycles. The van der Waals surface area contributed by atoms with E-state index in [1.54, 1.807) is 0 Å². The van der Waals surface area contributed by atoms with E-state index in [0.717, 1.165) is 19.1 Å². The maximum absolute atomic E-state index is 5.63. The standard InChI is InChI=1S/C15H27NO/c1-13(2)12(11-16-3)15(13)6-4-5-14(15)7-9-17-10-8-14/h12,16H,4-11H2,1-3H3. The summed E-state index contributed by atoms with van der Waals surface area (Å²) >= 11 is 0. The van der Waals surface area contributed by atoms with E-state index >= 15 is 0 Å². The molecule has 2 unspecified atom stereocenters. The highest BCUT2D eigenvalue weighted by Gasteiger charge is 2.78. The molecule has 1 saturated heterocycles. The van der Waals surface area contributed by atoms with Crippen LogP contribution in [-0.2, 0) is 4.74 Å². The van der Waals surface area contributed by atoms with Gasteiger partial charge in [-0.3, -0.25) is 0 Å². The van der Waals surface area contributed by atoms with Crippen molar-refractivity contribution in [3.63, 3.8) is 0 Å². The van der Waals surface area contributed by atoms with Crippen LogP contribution in [0.2, 0.25) is 0 Å². The summed E-state index contributed by atoms with van der Waals surface area (Å²) in [7, 11) is 2.10. The number of rotatable bonds is 2. The minimum absolute atomic E-state index is 0.545. The molecule has 0 aromatic carbocycles. The smallest absolute Gasteiger partial charge is 0.0471 e. The van der Waals surface area contributed by atoms with E-state index in [1.165, 1.54) is 38.6 Å². The highest BCUT2D eigenvalue weighted by molar-refractivity contribution is 5.26. The molecule has 2 heteroatoms. The van der Waals surface area contributed by atoms with Crippen LogP contribution in [0.1, 0.15) is 46.0 Å². The number of ether oxygens (including phenoxy) is 1. The van der Waals surface area contributed by atoms with Gasteiger partial charge in [0.2, 0.25) is 0 Å². The Morgan fingerprint density at radius 1 is 1.12 bits per heavy atom. The van der Waals surface area contributed by atoms with Crippen molar-refractivity contribution >= 4 is 0 Å². The first-order valence-electron chi connectivity index (χ1n) is 7.33. The van der Waals surface area contributed by atoms with Crippen molar-refractivity contribution < 1.29 is 4.74 Å². The van der Waals surface area contributed by atoms with Gasteiger partial charge < -0.3 is 10.1 Å². The number of fused-ring (bicyclic) bond motifs is 1. The van der Waals surface area contributed by atoms with Crippen LogP contribution >= 0.6 is 0 Å². The third kappa shape index (κ3) is 1.29. The summed E-state index contributed by atoms with van der Waals surface area (Å²) in [5, 5.41) is 3.43. The molecule has 1 heterocycles. The van der Waals surface area contributed by atoms with Gasteiger partial charge in [0.05, 0.1) is 0 Å². The maximum atomic E-state index is 5.63. The Morgan fingerprint density at radius 2 is 1.82 bits per heavy atom. The van der Waals surface area contributed by atoms with E-state index < -0.39 is 0 Å².